The van der Waals surface area contributed by atoms with Crippen molar-refractivity contribution in [3.05, 3.63) is 29.5 Å². The molecule has 10 nitrogen and oxygen atoms in total. The molecule has 0 atom stereocenters. The highest BCUT2D eigenvalue weighted by molar-refractivity contribution is 6.05. The number of H-pyrrole nitrogens is 1. The zero-order valence-electron chi connectivity index (χ0n) is 19.1. The maximum absolute atomic E-state index is 12.6. The van der Waals surface area contributed by atoms with E-state index in [1.165, 1.54) is 0 Å². The Morgan fingerprint density at radius 2 is 2.03 bits per heavy atom. The van der Waals surface area contributed by atoms with Gasteiger partial charge in [0.25, 0.3) is 0 Å². The normalized spacial score (nSPS) is 13.7. The standard InChI is InChI=1S/C22H29N7O3/c1-6-15-17-18(25-26-19(17)28(5)27-15)24-20(30)23-14-9-10-16-13(12-14)8-7-11-29(16)21(31)32-22(2,3)4/h9-10,12H,6-8,11H2,1-5H3,(H3,23,24,25,26,30). The van der Waals surface area contributed by atoms with E-state index in [0.29, 0.717) is 23.7 Å². The van der Waals surface area contributed by atoms with Crippen LogP contribution in [0, 0.1) is 0 Å². The second kappa shape index (κ2) is 8.18. The lowest BCUT2D eigenvalue weighted by Crippen LogP contribution is -2.39. The molecule has 1 aromatic carbocycles. The van der Waals surface area contributed by atoms with Gasteiger partial charge in [-0.3, -0.25) is 15.3 Å². The highest BCUT2D eigenvalue weighted by atomic mass is 16.6. The Morgan fingerprint density at radius 1 is 1.25 bits per heavy atom. The number of urea groups is 1. The van der Waals surface area contributed by atoms with Crippen molar-refractivity contribution < 1.29 is 14.3 Å². The number of aromatic nitrogens is 4. The number of benzene rings is 1. The number of nitrogens with zero attached hydrogens (tertiary/aromatic N) is 4. The number of rotatable bonds is 3. The predicted octanol–water partition coefficient (Wildman–Crippen LogP) is 4.19. The molecule has 32 heavy (non-hydrogen) atoms. The molecule has 0 unspecified atom stereocenters. The summed E-state index contributed by atoms with van der Waals surface area (Å²) in [6, 6.07) is 5.14. The molecule has 0 radical (unpaired) electrons. The van der Waals surface area contributed by atoms with Crippen LogP contribution in [0.1, 0.15) is 45.4 Å². The number of hydrogen-bond donors (Lipinski definition) is 3. The van der Waals surface area contributed by atoms with Crippen LogP contribution in [-0.4, -0.2) is 44.2 Å². The van der Waals surface area contributed by atoms with E-state index in [2.05, 4.69) is 25.9 Å². The molecule has 0 saturated carbocycles. The van der Waals surface area contributed by atoms with Crippen molar-refractivity contribution >= 4 is 40.4 Å². The Labute approximate surface area is 186 Å². The maximum atomic E-state index is 12.6. The van der Waals surface area contributed by atoms with Crippen molar-refractivity contribution in [3.63, 3.8) is 0 Å². The summed E-state index contributed by atoms with van der Waals surface area (Å²) in [5.41, 5.74) is 3.44. The van der Waals surface area contributed by atoms with Crippen molar-refractivity contribution in [2.75, 3.05) is 22.1 Å². The van der Waals surface area contributed by atoms with Crippen LogP contribution in [0.5, 0.6) is 0 Å². The first kappa shape index (κ1) is 21.7. The number of amides is 3. The lowest BCUT2D eigenvalue weighted by atomic mass is 10.0. The van der Waals surface area contributed by atoms with Gasteiger partial charge in [-0.25, -0.2) is 14.3 Å². The Kier molecular flexibility index (Phi) is 5.53. The number of anilines is 3. The third-order valence-corrected chi connectivity index (χ3v) is 5.26. The van der Waals surface area contributed by atoms with Crippen LogP contribution in [0.3, 0.4) is 0 Å². The van der Waals surface area contributed by atoms with E-state index in [1.54, 1.807) is 15.6 Å². The predicted molar refractivity (Wildman–Crippen MR) is 123 cm³/mol. The third-order valence-electron chi connectivity index (χ3n) is 5.26. The largest absolute Gasteiger partial charge is 0.443 e. The molecule has 1 aliphatic heterocycles. The molecule has 3 heterocycles. The summed E-state index contributed by atoms with van der Waals surface area (Å²) in [4.78, 5) is 26.9. The first-order chi connectivity index (χ1) is 15.2. The van der Waals surface area contributed by atoms with Gasteiger partial charge in [-0.2, -0.15) is 10.2 Å². The summed E-state index contributed by atoms with van der Waals surface area (Å²) in [6.07, 6.45) is 2.02. The molecule has 170 valence electrons. The van der Waals surface area contributed by atoms with Gasteiger partial charge in [0.2, 0.25) is 0 Å². The summed E-state index contributed by atoms with van der Waals surface area (Å²) >= 11 is 0. The average Bonchev–Trinajstić information content (AvgIpc) is 3.27. The topological polar surface area (TPSA) is 117 Å². The van der Waals surface area contributed by atoms with E-state index >= 15 is 0 Å². The van der Waals surface area contributed by atoms with Gasteiger partial charge >= 0.3 is 12.1 Å². The minimum Gasteiger partial charge on any atom is -0.443 e. The minimum atomic E-state index is -0.557. The first-order valence-electron chi connectivity index (χ1n) is 10.8. The SMILES string of the molecule is CCc1nn(C)c2n[nH]c(NC(=O)Nc3ccc4c(c3)CCCN4C(=O)OC(C)(C)C)c12. The second-order valence-electron chi connectivity index (χ2n) is 8.88. The van der Waals surface area contributed by atoms with Gasteiger partial charge < -0.3 is 10.1 Å². The first-order valence-corrected chi connectivity index (χ1v) is 10.8. The fourth-order valence-corrected chi connectivity index (χ4v) is 3.91. The van der Waals surface area contributed by atoms with Gasteiger partial charge in [-0.15, -0.1) is 0 Å². The number of hydrogen-bond acceptors (Lipinski definition) is 5. The zero-order valence-corrected chi connectivity index (χ0v) is 19.1. The van der Waals surface area contributed by atoms with E-state index in [9.17, 15) is 9.59 Å². The molecule has 0 bridgehead atoms. The molecule has 2 aromatic heterocycles. The van der Waals surface area contributed by atoms with Gasteiger partial charge in [0.1, 0.15) is 11.4 Å². The summed E-state index contributed by atoms with van der Waals surface area (Å²) in [6.45, 7) is 8.17. The van der Waals surface area contributed by atoms with E-state index in [4.69, 9.17) is 4.74 Å². The van der Waals surface area contributed by atoms with Gasteiger partial charge in [0.15, 0.2) is 5.65 Å². The number of ether oxygens (including phenoxy) is 1. The summed E-state index contributed by atoms with van der Waals surface area (Å²) in [7, 11) is 1.82. The summed E-state index contributed by atoms with van der Waals surface area (Å²) in [5.74, 6) is 0.511. The molecular weight excluding hydrogens is 410 g/mol. The molecule has 1 aliphatic rings. The van der Waals surface area contributed by atoms with Crippen molar-refractivity contribution in [2.45, 2.75) is 52.6 Å². The molecule has 3 N–H and O–H groups in total. The fraction of sp³-hybridized carbons (Fsp3) is 0.455. The molecule has 0 saturated heterocycles. The van der Waals surface area contributed by atoms with Crippen LogP contribution in [0.15, 0.2) is 18.2 Å². The number of nitrogens with one attached hydrogen (secondary N) is 3. The van der Waals surface area contributed by atoms with Gasteiger partial charge in [-0.1, -0.05) is 6.92 Å². The lowest BCUT2D eigenvalue weighted by molar-refractivity contribution is 0.0578. The molecule has 0 aliphatic carbocycles. The van der Waals surface area contributed by atoms with Crippen molar-refractivity contribution in [2.24, 2.45) is 7.05 Å². The van der Waals surface area contributed by atoms with Crippen LogP contribution in [-0.2, 0) is 24.6 Å². The lowest BCUT2D eigenvalue weighted by Gasteiger charge is -2.32. The summed E-state index contributed by atoms with van der Waals surface area (Å²) < 4.78 is 7.22. The van der Waals surface area contributed by atoms with E-state index in [1.807, 2.05) is 46.9 Å². The summed E-state index contributed by atoms with van der Waals surface area (Å²) in [5, 5.41) is 18.0. The number of aromatic amines is 1. The van der Waals surface area contributed by atoms with Crippen LogP contribution in [0.4, 0.5) is 26.8 Å². The van der Waals surface area contributed by atoms with Crippen molar-refractivity contribution in [1.29, 1.82) is 0 Å². The van der Waals surface area contributed by atoms with Gasteiger partial charge in [0, 0.05) is 19.3 Å². The zero-order chi connectivity index (χ0) is 23.0. The third kappa shape index (κ3) is 4.25. The average molecular weight is 440 g/mol. The highest BCUT2D eigenvalue weighted by Crippen LogP contribution is 2.31. The Morgan fingerprint density at radius 3 is 2.75 bits per heavy atom. The molecule has 0 spiro atoms. The molecule has 4 rings (SSSR count). The monoisotopic (exact) mass is 439 g/mol. The molecule has 0 fully saturated rings. The van der Waals surface area contributed by atoms with Crippen LogP contribution in [0.2, 0.25) is 0 Å². The molecular formula is C22H29N7O3. The van der Waals surface area contributed by atoms with Crippen molar-refractivity contribution in [1.82, 2.24) is 20.0 Å². The minimum absolute atomic E-state index is 0.358. The smallest absolute Gasteiger partial charge is 0.414 e. The highest BCUT2D eigenvalue weighted by Gasteiger charge is 2.27. The quantitative estimate of drug-likeness (QED) is 0.566. The van der Waals surface area contributed by atoms with Gasteiger partial charge in [0.05, 0.1) is 16.8 Å². The van der Waals surface area contributed by atoms with Crippen LogP contribution in [0.25, 0.3) is 11.0 Å². The Bertz CT molecular complexity index is 1170. The second-order valence-corrected chi connectivity index (χ2v) is 8.88. The number of aryl methyl sites for hydroxylation is 3. The molecule has 10 heteroatoms. The number of fused-ring (bicyclic) bond motifs is 2. The van der Waals surface area contributed by atoms with Crippen LogP contribution < -0.4 is 15.5 Å². The van der Waals surface area contributed by atoms with E-state index < -0.39 is 5.60 Å². The maximum Gasteiger partial charge on any atom is 0.414 e. The Balaban J connectivity index is 1.49. The number of carbonyl (C=O) groups is 2. The van der Waals surface area contributed by atoms with E-state index in [-0.39, 0.29) is 12.1 Å². The number of carbonyl (C=O) groups excluding carboxylic acids is 2. The van der Waals surface area contributed by atoms with Crippen LogP contribution >= 0.6 is 0 Å². The Hall–Kier alpha value is -3.56. The van der Waals surface area contributed by atoms with Gasteiger partial charge in [-0.05, 0) is 63.8 Å². The van der Waals surface area contributed by atoms with Crippen molar-refractivity contribution in [3.8, 4) is 0 Å². The molecule has 3 amide bonds. The fourth-order valence-electron chi connectivity index (χ4n) is 3.91. The molecule has 3 aromatic rings. The van der Waals surface area contributed by atoms with E-state index in [0.717, 1.165) is 41.6 Å².